The summed E-state index contributed by atoms with van der Waals surface area (Å²) in [5.74, 6) is 0.497. The molecule has 0 fully saturated rings. The average Bonchev–Trinajstić information content (AvgIpc) is 2.61. The van der Waals surface area contributed by atoms with Crippen molar-refractivity contribution >= 4 is 21.4 Å². The third kappa shape index (κ3) is 2.21. The van der Waals surface area contributed by atoms with Crippen LogP contribution in [0, 0.1) is 5.92 Å². The van der Waals surface area contributed by atoms with Crippen LogP contribution < -0.4 is 5.73 Å². The van der Waals surface area contributed by atoms with Gasteiger partial charge in [0.2, 0.25) is 0 Å². The van der Waals surface area contributed by atoms with Crippen molar-refractivity contribution in [2.24, 2.45) is 11.7 Å². The summed E-state index contributed by atoms with van der Waals surface area (Å²) in [5.41, 5.74) is 8.04. The van der Waals surface area contributed by atoms with E-state index in [9.17, 15) is 0 Å². The standard InChI is InChI=1S/C11H14BrN3/c1-8(6-13)4-9-7-14-15-3-2-10(12)5-11(9)15/h2-3,5,7-8H,4,6,13H2,1H3. The van der Waals surface area contributed by atoms with Gasteiger partial charge in [-0.05, 0) is 36.6 Å². The molecule has 2 N–H and O–H groups in total. The lowest BCUT2D eigenvalue weighted by Gasteiger charge is -2.06. The van der Waals surface area contributed by atoms with E-state index in [4.69, 9.17) is 5.73 Å². The number of aromatic nitrogens is 2. The van der Waals surface area contributed by atoms with Crippen molar-refractivity contribution in [3.8, 4) is 0 Å². The lowest BCUT2D eigenvalue weighted by Crippen LogP contribution is -2.12. The monoisotopic (exact) mass is 267 g/mol. The first-order valence-electron chi connectivity index (χ1n) is 5.02. The number of nitrogens with zero attached hydrogens (tertiary/aromatic N) is 2. The molecule has 2 aromatic heterocycles. The Morgan fingerprint density at radius 2 is 2.40 bits per heavy atom. The average molecular weight is 268 g/mol. The molecule has 1 unspecified atom stereocenters. The SMILES string of the molecule is CC(CN)Cc1cnn2ccc(Br)cc12. The zero-order valence-corrected chi connectivity index (χ0v) is 10.2. The summed E-state index contributed by atoms with van der Waals surface area (Å²) in [7, 11) is 0. The van der Waals surface area contributed by atoms with Crippen molar-refractivity contribution in [1.82, 2.24) is 9.61 Å². The molecule has 2 rings (SSSR count). The Labute approximate surface area is 97.4 Å². The fourth-order valence-corrected chi connectivity index (χ4v) is 1.96. The molecule has 1 atom stereocenters. The number of hydrogen-bond acceptors (Lipinski definition) is 2. The van der Waals surface area contributed by atoms with Gasteiger partial charge in [0.1, 0.15) is 0 Å². The Hall–Kier alpha value is -0.870. The van der Waals surface area contributed by atoms with Crippen molar-refractivity contribution in [2.45, 2.75) is 13.3 Å². The molecular formula is C11H14BrN3. The summed E-state index contributed by atoms with van der Waals surface area (Å²) < 4.78 is 2.97. The van der Waals surface area contributed by atoms with Gasteiger partial charge in [-0.3, -0.25) is 0 Å². The third-order valence-electron chi connectivity index (χ3n) is 2.53. The van der Waals surface area contributed by atoms with Crippen LogP contribution in [-0.4, -0.2) is 16.2 Å². The highest BCUT2D eigenvalue weighted by Gasteiger charge is 2.07. The number of rotatable bonds is 3. The first-order valence-corrected chi connectivity index (χ1v) is 5.82. The summed E-state index contributed by atoms with van der Waals surface area (Å²) in [6.07, 6.45) is 4.86. The molecule has 0 amide bonds. The Morgan fingerprint density at radius 1 is 1.60 bits per heavy atom. The van der Waals surface area contributed by atoms with E-state index in [0.29, 0.717) is 12.5 Å². The molecule has 80 valence electrons. The van der Waals surface area contributed by atoms with Crippen molar-refractivity contribution in [3.63, 3.8) is 0 Å². The fourth-order valence-electron chi connectivity index (χ4n) is 1.62. The van der Waals surface area contributed by atoms with Crippen LogP contribution >= 0.6 is 15.9 Å². The molecule has 0 aliphatic carbocycles. The lowest BCUT2D eigenvalue weighted by molar-refractivity contribution is 0.595. The van der Waals surface area contributed by atoms with Gasteiger partial charge in [0.25, 0.3) is 0 Å². The third-order valence-corrected chi connectivity index (χ3v) is 3.03. The van der Waals surface area contributed by atoms with Crippen LogP contribution in [0.4, 0.5) is 0 Å². The van der Waals surface area contributed by atoms with Gasteiger partial charge in [0, 0.05) is 10.7 Å². The van der Waals surface area contributed by atoms with Gasteiger partial charge < -0.3 is 5.73 Å². The highest BCUT2D eigenvalue weighted by atomic mass is 79.9. The van der Waals surface area contributed by atoms with Gasteiger partial charge in [-0.15, -0.1) is 0 Å². The number of hydrogen-bond donors (Lipinski definition) is 1. The van der Waals surface area contributed by atoms with Crippen molar-refractivity contribution in [3.05, 3.63) is 34.6 Å². The second-order valence-corrected chi connectivity index (χ2v) is 4.81. The van der Waals surface area contributed by atoms with E-state index in [-0.39, 0.29) is 0 Å². The molecule has 0 radical (unpaired) electrons. The molecule has 0 aliphatic heterocycles. The molecule has 4 heteroatoms. The fraction of sp³-hybridized carbons (Fsp3) is 0.364. The second kappa shape index (κ2) is 4.33. The highest BCUT2D eigenvalue weighted by Crippen LogP contribution is 2.18. The first kappa shape index (κ1) is 10.6. The van der Waals surface area contributed by atoms with Crippen LogP contribution in [0.5, 0.6) is 0 Å². The highest BCUT2D eigenvalue weighted by molar-refractivity contribution is 9.10. The minimum absolute atomic E-state index is 0.497. The van der Waals surface area contributed by atoms with Crippen LogP contribution in [0.25, 0.3) is 5.52 Å². The lowest BCUT2D eigenvalue weighted by atomic mass is 10.0. The zero-order chi connectivity index (χ0) is 10.8. The maximum Gasteiger partial charge on any atom is 0.0704 e. The van der Waals surface area contributed by atoms with Gasteiger partial charge in [-0.1, -0.05) is 22.9 Å². The number of halogens is 1. The summed E-state index contributed by atoms with van der Waals surface area (Å²) in [6.45, 7) is 2.87. The van der Waals surface area contributed by atoms with Gasteiger partial charge in [0.15, 0.2) is 0 Å². The predicted molar refractivity (Wildman–Crippen MR) is 64.8 cm³/mol. The zero-order valence-electron chi connectivity index (χ0n) is 8.65. The summed E-state index contributed by atoms with van der Waals surface area (Å²) >= 11 is 3.47. The predicted octanol–water partition coefficient (Wildman–Crippen LogP) is 2.23. The Morgan fingerprint density at radius 3 is 3.13 bits per heavy atom. The van der Waals surface area contributed by atoms with Crippen molar-refractivity contribution in [2.75, 3.05) is 6.54 Å². The molecule has 3 nitrogen and oxygen atoms in total. The van der Waals surface area contributed by atoms with E-state index in [1.807, 2.05) is 23.0 Å². The van der Waals surface area contributed by atoms with Gasteiger partial charge >= 0.3 is 0 Å². The molecule has 0 saturated carbocycles. The van der Waals surface area contributed by atoms with E-state index in [1.54, 1.807) is 0 Å². The minimum Gasteiger partial charge on any atom is -0.330 e. The van der Waals surface area contributed by atoms with E-state index in [2.05, 4.69) is 34.0 Å². The van der Waals surface area contributed by atoms with Crippen molar-refractivity contribution in [1.29, 1.82) is 0 Å². The van der Waals surface area contributed by atoms with Crippen LogP contribution in [0.2, 0.25) is 0 Å². The van der Waals surface area contributed by atoms with Crippen LogP contribution in [0.15, 0.2) is 29.0 Å². The summed E-state index contributed by atoms with van der Waals surface area (Å²) in [6, 6.07) is 4.07. The molecule has 0 spiro atoms. The summed E-state index contributed by atoms with van der Waals surface area (Å²) in [5, 5.41) is 4.30. The molecule has 2 heterocycles. The smallest absolute Gasteiger partial charge is 0.0704 e. The van der Waals surface area contributed by atoms with E-state index >= 15 is 0 Å². The van der Waals surface area contributed by atoms with Crippen LogP contribution in [0.1, 0.15) is 12.5 Å². The molecule has 15 heavy (non-hydrogen) atoms. The van der Waals surface area contributed by atoms with E-state index in [1.165, 1.54) is 5.56 Å². The molecular weight excluding hydrogens is 254 g/mol. The topological polar surface area (TPSA) is 43.3 Å². The first-order chi connectivity index (χ1) is 7.20. The number of nitrogens with two attached hydrogens (primary N) is 1. The largest absolute Gasteiger partial charge is 0.330 e. The van der Waals surface area contributed by atoms with E-state index in [0.717, 1.165) is 16.4 Å². The van der Waals surface area contributed by atoms with Gasteiger partial charge in [-0.25, -0.2) is 4.52 Å². The van der Waals surface area contributed by atoms with Crippen molar-refractivity contribution < 1.29 is 0 Å². The maximum atomic E-state index is 5.63. The van der Waals surface area contributed by atoms with Gasteiger partial charge in [-0.2, -0.15) is 5.10 Å². The molecule has 0 aliphatic rings. The maximum absolute atomic E-state index is 5.63. The molecule has 2 aromatic rings. The number of fused-ring (bicyclic) bond motifs is 1. The molecule has 0 aromatic carbocycles. The van der Waals surface area contributed by atoms with Crippen LogP contribution in [0.3, 0.4) is 0 Å². The number of pyridine rings is 1. The van der Waals surface area contributed by atoms with Crippen LogP contribution in [-0.2, 0) is 6.42 Å². The van der Waals surface area contributed by atoms with E-state index < -0.39 is 0 Å². The van der Waals surface area contributed by atoms with Gasteiger partial charge in [0.05, 0.1) is 11.7 Å². The minimum atomic E-state index is 0.497. The Bertz CT molecular complexity index is 464. The second-order valence-electron chi connectivity index (χ2n) is 3.89. The molecule has 0 saturated heterocycles. The Kier molecular flexibility index (Phi) is 3.07. The summed E-state index contributed by atoms with van der Waals surface area (Å²) in [4.78, 5) is 0. The Balaban J connectivity index is 2.39. The quantitative estimate of drug-likeness (QED) is 0.927. The molecule has 0 bridgehead atoms. The normalized spacial score (nSPS) is 13.3.